The highest BCUT2D eigenvalue weighted by atomic mass is 35.5. The summed E-state index contributed by atoms with van der Waals surface area (Å²) in [5, 5.41) is 19.8. The zero-order valence-corrected chi connectivity index (χ0v) is 17.4. The van der Waals surface area contributed by atoms with E-state index in [-0.39, 0.29) is 6.10 Å². The zero-order valence-electron chi connectivity index (χ0n) is 16.7. The molecule has 1 aliphatic heterocycles. The van der Waals surface area contributed by atoms with Gasteiger partial charge in [-0.15, -0.1) is 0 Å². The zero-order chi connectivity index (χ0) is 22.0. The Morgan fingerprint density at radius 3 is 2.65 bits per heavy atom. The van der Waals surface area contributed by atoms with E-state index in [1.165, 1.54) is 12.3 Å². The second kappa shape index (κ2) is 9.05. The molecule has 162 valence electrons. The van der Waals surface area contributed by atoms with Gasteiger partial charge >= 0.3 is 0 Å². The molecule has 0 bridgehead atoms. The van der Waals surface area contributed by atoms with Crippen molar-refractivity contribution in [2.24, 2.45) is 5.73 Å². The molecule has 31 heavy (non-hydrogen) atoms. The Hall–Kier alpha value is -2.94. The number of halogens is 2. The van der Waals surface area contributed by atoms with Crippen molar-refractivity contribution < 1.29 is 14.3 Å². The SMILES string of the molecule is NC(C(=O)Nc1cc(F)c(-c2cn[nH]c2)cc1N1CCC(O)CC1)c1ccc(Cl)cc1. The molecule has 1 aromatic heterocycles. The number of anilines is 2. The summed E-state index contributed by atoms with van der Waals surface area (Å²) in [6, 6.07) is 8.74. The Morgan fingerprint density at radius 2 is 2.00 bits per heavy atom. The Bertz CT molecular complexity index is 1050. The van der Waals surface area contributed by atoms with Crippen LogP contribution in [0, 0.1) is 5.82 Å². The number of nitrogens with zero attached hydrogens (tertiary/aromatic N) is 2. The van der Waals surface area contributed by atoms with E-state index < -0.39 is 17.8 Å². The minimum absolute atomic E-state index is 0.329. The number of benzene rings is 2. The average Bonchev–Trinajstić information content (AvgIpc) is 3.29. The van der Waals surface area contributed by atoms with Gasteiger partial charge in [0.1, 0.15) is 11.9 Å². The van der Waals surface area contributed by atoms with Crippen molar-refractivity contribution >= 4 is 28.9 Å². The maximum absolute atomic E-state index is 14.9. The number of hydrogen-bond donors (Lipinski definition) is 4. The first kappa shape index (κ1) is 21.3. The van der Waals surface area contributed by atoms with Crippen molar-refractivity contribution in [3.05, 3.63) is 65.2 Å². The summed E-state index contributed by atoms with van der Waals surface area (Å²) in [5.74, 6) is -0.950. The molecule has 0 radical (unpaired) electrons. The van der Waals surface area contributed by atoms with E-state index in [0.29, 0.717) is 59.0 Å². The van der Waals surface area contributed by atoms with Crippen LogP contribution in [-0.2, 0) is 4.79 Å². The topological polar surface area (TPSA) is 107 Å². The first-order valence-electron chi connectivity index (χ1n) is 10.00. The molecule has 5 N–H and O–H groups in total. The second-order valence-corrected chi connectivity index (χ2v) is 8.01. The smallest absolute Gasteiger partial charge is 0.245 e. The molecule has 1 amide bonds. The van der Waals surface area contributed by atoms with Crippen LogP contribution in [0.1, 0.15) is 24.4 Å². The van der Waals surface area contributed by atoms with Crippen LogP contribution >= 0.6 is 11.6 Å². The Morgan fingerprint density at radius 1 is 1.29 bits per heavy atom. The Kier molecular flexibility index (Phi) is 6.22. The normalized spacial score (nSPS) is 15.7. The highest BCUT2D eigenvalue weighted by Crippen LogP contribution is 2.36. The van der Waals surface area contributed by atoms with Crippen molar-refractivity contribution in [1.82, 2.24) is 10.2 Å². The number of hydrogen-bond acceptors (Lipinski definition) is 5. The average molecular weight is 444 g/mol. The van der Waals surface area contributed by atoms with Crippen LogP contribution in [0.3, 0.4) is 0 Å². The van der Waals surface area contributed by atoms with Gasteiger partial charge in [0.2, 0.25) is 5.91 Å². The van der Waals surface area contributed by atoms with Crippen molar-refractivity contribution in [2.75, 3.05) is 23.3 Å². The van der Waals surface area contributed by atoms with Gasteiger partial charge in [-0.25, -0.2) is 4.39 Å². The van der Waals surface area contributed by atoms with Crippen molar-refractivity contribution in [2.45, 2.75) is 25.0 Å². The summed E-state index contributed by atoms with van der Waals surface area (Å²) in [6.45, 7) is 1.17. The van der Waals surface area contributed by atoms with Gasteiger partial charge in [-0.1, -0.05) is 23.7 Å². The summed E-state index contributed by atoms with van der Waals surface area (Å²) >= 11 is 5.90. The number of carbonyl (C=O) groups excluding carboxylic acids is 1. The molecule has 0 saturated carbocycles. The molecule has 2 aromatic carbocycles. The molecular formula is C22H23ClFN5O2. The minimum atomic E-state index is -0.940. The van der Waals surface area contributed by atoms with E-state index in [1.54, 1.807) is 36.5 Å². The first-order valence-corrected chi connectivity index (χ1v) is 10.4. The summed E-state index contributed by atoms with van der Waals surface area (Å²) < 4.78 is 14.9. The van der Waals surface area contributed by atoms with Gasteiger partial charge in [0.25, 0.3) is 0 Å². The number of amides is 1. The molecule has 0 spiro atoms. The lowest BCUT2D eigenvalue weighted by atomic mass is 10.0. The minimum Gasteiger partial charge on any atom is -0.393 e. The van der Waals surface area contributed by atoms with Crippen LogP contribution in [0.15, 0.2) is 48.8 Å². The number of aromatic amines is 1. The first-order chi connectivity index (χ1) is 14.9. The van der Waals surface area contributed by atoms with Crippen LogP contribution in [0.25, 0.3) is 11.1 Å². The van der Waals surface area contributed by atoms with E-state index >= 15 is 0 Å². The lowest BCUT2D eigenvalue weighted by Gasteiger charge is -2.33. The van der Waals surface area contributed by atoms with Crippen molar-refractivity contribution in [3.63, 3.8) is 0 Å². The summed E-state index contributed by atoms with van der Waals surface area (Å²) in [6.07, 6.45) is 3.97. The third-order valence-electron chi connectivity index (χ3n) is 5.47. The van der Waals surface area contributed by atoms with Gasteiger partial charge in [0.05, 0.1) is 23.7 Å². The van der Waals surface area contributed by atoms with Crippen LogP contribution in [0.4, 0.5) is 15.8 Å². The molecule has 9 heteroatoms. The van der Waals surface area contributed by atoms with Gasteiger partial charge in [-0.2, -0.15) is 5.10 Å². The Balaban J connectivity index is 1.66. The molecule has 1 aliphatic rings. The number of rotatable bonds is 5. The van der Waals surface area contributed by atoms with Crippen LogP contribution in [-0.4, -0.2) is 40.4 Å². The van der Waals surface area contributed by atoms with Crippen LogP contribution in [0.5, 0.6) is 0 Å². The fourth-order valence-electron chi connectivity index (χ4n) is 3.68. The van der Waals surface area contributed by atoms with Gasteiger partial charge in [0, 0.05) is 41.5 Å². The fourth-order valence-corrected chi connectivity index (χ4v) is 3.81. The number of H-pyrrole nitrogens is 1. The lowest BCUT2D eigenvalue weighted by molar-refractivity contribution is -0.117. The number of nitrogens with one attached hydrogen (secondary N) is 2. The highest BCUT2D eigenvalue weighted by molar-refractivity contribution is 6.30. The molecule has 7 nitrogen and oxygen atoms in total. The van der Waals surface area contributed by atoms with Crippen LogP contribution in [0.2, 0.25) is 5.02 Å². The summed E-state index contributed by atoms with van der Waals surface area (Å²) in [7, 11) is 0. The van der Waals surface area contributed by atoms with Gasteiger partial charge in [-0.3, -0.25) is 9.89 Å². The second-order valence-electron chi connectivity index (χ2n) is 7.57. The number of aliphatic hydroxyl groups is 1. The van der Waals surface area contributed by atoms with E-state index in [2.05, 4.69) is 15.5 Å². The van der Waals surface area contributed by atoms with Crippen molar-refractivity contribution in [3.8, 4) is 11.1 Å². The number of aromatic nitrogens is 2. The molecule has 1 atom stereocenters. The van der Waals surface area contributed by atoms with E-state index in [4.69, 9.17) is 17.3 Å². The van der Waals surface area contributed by atoms with Gasteiger partial charge in [-0.05, 0) is 36.6 Å². The summed E-state index contributed by atoms with van der Waals surface area (Å²) in [5.41, 5.74) is 8.69. The van der Waals surface area contributed by atoms with Crippen molar-refractivity contribution in [1.29, 1.82) is 0 Å². The van der Waals surface area contributed by atoms with E-state index in [1.807, 2.05) is 4.90 Å². The maximum Gasteiger partial charge on any atom is 0.245 e. The van der Waals surface area contributed by atoms with E-state index in [9.17, 15) is 14.3 Å². The quantitative estimate of drug-likeness (QED) is 0.483. The van der Waals surface area contributed by atoms with Crippen LogP contribution < -0.4 is 16.0 Å². The molecule has 0 aliphatic carbocycles. The highest BCUT2D eigenvalue weighted by Gasteiger charge is 2.24. The third-order valence-corrected chi connectivity index (χ3v) is 5.72. The predicted octanol–water partition coefficient (Wildman–Crippen LogP) is 3.47. The summed E-state index contributed by atoms with van der Waals surface area (Å²) in [4.78, 5) is 14.9. The maximum atomic E-state index is 14.9. The standard InChI is InChI=1S/C22H23ClFN5O2/c23-15-3-1-13(2-4-15)21(25)22(31)28-19-10-18(24)17(14-11-26-27-12-14)9-20(19)29-7-5-16(30)6-8-29/h1-4,9-12,16,21,30H,5-8,25H2,(H,26,27)(H,28,31). The third kappa shape index (κ3) is 4.71. The molecule has 1 unspecified atom stereocenters. The van der Waals surface area contributed by atoms with Gasteiger partial charge < -0.3 is 21.1 Å². The molecule has 2 heterocycles. The number of carbonyl (C=O) groups is 1. The molecule has 1 saturated heterocycles. The number of piperidine rings is 1. The molecule has 3 aromatic rings. The Labute approximate surface area is 184 Å². The monoisotopic (exact) mass is 443 g/mol. The van der Waals surface area contributed by atoms with E-state index in [0.717, 1.165) is 0 Å². The molecule has 1 fully saturated rings. The fraction of sp³-hybridized carbons (Fsp3) is 0.273. The molecular weight excluding hydrogens is 421 g/mol. The number of aliphatic hydroxyl groups excluding tert-OH is 1. The largest absolute Gasteiger partial charge is 0.393 e. The van der Waals surface area contributed by atoms with Gasteiger partial charge in [0.15, 0.2) is 0 Å². The lowest BCUT2D eigenvalue weighted by Crippen LogP contribution is -2.37. The predicted molar refractivity (Wildman–Crippen MR) is 118 cm³/mol. The number of nitrogens with two attached hydrogens (primary N) is 1. The molecule has 4 rings (SSSR count).